The van der Waals surface area contributed by atoms with Gasteiger partial charge in [0, 0.05) is 23.0 Å². The minimum atomic E-state index is -0.762. The van der Waals surface area contributed by atoms with Crippen LogP contribution < -0.4 is 4.90 Å². The Labute approximate surface area is 151 Å². The summed E-state index contributed by atoms with van der Waals surface area (Å²) < 4.78 is 0. The Hall–Kier alpha value is -1.90. The molecule has 1 aliphatic rings. The first-order valence-electron chi connectivity index (χ1n) is 9.27. The maximum Gasteiger partial charge on any atom is 0.119 e. The summed E-state index contributed by atoms with van der Waals surface area (Å²) in [7, 11) is 2.27. The highest BCUT2D eigenvalue weighted by atomic mass is 16.3. The monoisotopic (exact) mass is 336 g/mol. The Morgan fingerprint density at radius 3 is 1.68 bits per heavy atom. The molecule has 0 amide bonds. The number of hydrogen-bond acceptors (Lipinski definition) is 1. The molecule has 3 rings (SSSR count). The van der Waals surface area contributed by atoms with Crippen LogP contribution in [0.25, 0.3) is 0 Å². The number of aliphatic hydroxyl groups is 1. The summed E-state index contributed by atoms with van der Waals surface area (Å²) in [6, 6.07) is 21.7. The molecule has 0 saturated carbocycles. The van der Waals surface area contributed by atoms with Gasteiger partial charge in [-0.3, -0.25) is 0 Å². The molecule has 2 aromatic carbocycles. The van der Waals surface area contributed by atoms with Gasteiger partial charge in [-0.05, 0) is 6.42 Å². The Morgan fingerprint density at radius 1 is 0.920 bits per heavy atom. The number of benzene rings is 2. The van der Waals surface area contributed by atoms with Crippen molar-refractivity contribution in [2.24, 2.45) is 11.8 Å². The number of likely N-dealkylation sites (tertiary alicyclic amines) is 1. The van der Waals surface area contributed by atoms with Crippen LogP contribution >= 0.6 is 0 Å². The van der Waals surface area contributed by atoms with E-state index in [0.717, 1.165) is 0 Å². The number of nitrogens with one attached hydrogen (secondary N) is 1. The van der Waals surface area contributed by atoms with Gasteiger partial charge in [0.25, 0.3) is 0 Å². The Balaban J connectivity index is 2.11. The SMILES string of the molecule is C=CCC1(O)[C@H](C)[C@@H](c2ccccc2)[NH+](C)[C@H](c2ccccc2)[C@@H]1C. The predicted molar refractivity (Wildman–Crippen MR) is 103 cm³/mol. The fourth-order valence-electron chi connectivity index (χ4n) is 5.00. The van der Waals surface area contributed by atoms with E-state index in [9.17, 15) is 5.11 Å². The standard InChI is InChI=1S/C23H29NO/c1-5-16-23(25)17(2)21(19-12-8-6-9-13-19)24(4)22(18(23)3)20-14-10-7-11-15-20/h5-15,17-18,21-22,25H,1,16H2,2-4H3/p+1/t17-,18+,21-,22-,23?/m0/s1. The van der Waals surface area contributed by atoms with Gasteiger partial charge < -0.3 is 10.0 Å². The van der Waals surface area contributed by atoms with Gasteiger partial charge in [-0.15, -0.1) is 6.58 Å². The first-order chi connectivity index (χ1) is 12.0. The molecule has 0 radical (unpaired) electrons. The minimum Gasteiger partial charge on any atom is -0.388 e. The van der Waals surface area contributed by atoms with Gasteiger partial charge >= 0.3 is 0 Å². The van der Waals surface area contributed by atoms with E-state index < -0.39 is 5.60 Å². The lowest BCUT2D eigenvalue weighted by Crippen LogP contribution is -3.13. The molecule has 132 valence electrons. The zero-order chi connectivity index (χ0) is 18.0. The number of piperidine rings is 1. The van der Waals surface area contributed by atoms with Crippen molar-refractivity contribution in [3.63, 3.8) is 0 Å². The lowest BCUT2D eigenvalue weighted by Gasteiger charge is -2.53. The molecular formula is C23H30NO+. The average Bonchev–Trinajstić information content (AvgIpc) is 2.63. The lowest BCUT2D eigenvalue weighted by molar-refractivity contribution is -0.961. The first kappa shape index (κ1) is 17.9. The molecule has 25 heavy (non-hydrogen) atoms. The molecule has 2 aromatic rings. The molecule has 0 aromatic heterocycles. The molecule has 1 heterocycles. The summed E-state index contributed by atoms with van der Waals surface area (Å²) >= 11 is 0. The maximum atomic E-state index is 11.7. The fraction of sp³-hybridized carbons (Fsp3) is 0.391. The number of rotatable bonds is 4. The van der Waals surface area contributed by atoms with E-state index in [1.807, 2.05) is 6.08 Å². The van der Waals surface area contributed by atoms with Crippen LogP contribution in [0.2, 0.25) is 0 Å². The molecule has 2 heteroatoms. The zero-order valence-electron chi connectivity index (χ0n) is 15.5. The summed E-state index contributed by atoms with van der Waals surface area (Å²) in [5.74, 6) is 0.283. The molecule has 1 fully saturated rings. The third kappa shape index (κ3) is 3.05. The van der Waals surface area contributed by atoms with Gasteiger partial charge in [0.2, 0.25) is 0 Å². The van der Waals surface area contributed by atoms with Crippen molar-refractivity contribution in [2.75, 3.05) is 7.05 Å². The number of hydrogen-bond donors (Lipinski definition) is 2. The van der Waals surface area contributed by atoms with Crippen molar-refractivity contribution in [3.8, 4) is 0 Å². The molecule has 1 aliphatic heterocycles. The molecule has 0 bridgehead atoms. The van der Waals surface area contributed by atoms with Gasteiger partial charge in [0.05, 0.1) is 12.6 Å². The van der Waals surface area contributed by atoms with Crippen LogP contribution in [0.3, 0.4) is 0 Å². The van der Waals surface area contributed by atoms with E-state index in [4.69, 9.17) is 0 Å². The summed E-state index contributed by atoms with van der Waals surface area (Å²) in [5.41, 5.74) is 1.83. The van der Waals surface area contributed by atoms with Gasteiger partial charge in [-0.1, -0.05) is 80.6 Å². The largest absolute Gasteiger partial charge is 0.388 e. The normalized spacial score (nSPS) is 35.3. The molecule has 0 spiro atoms. The maximum absolute atomic E-state index is 11.7. The molecule has 1 saturated heterocycles. The highest BCUT2D eigenvalue weighted by Crippen LogP contribution is 2.45. The van der Waals surface area contributed by atoms with Crippen molar-refractivity contribution in [2.45, 2.75) is 38.0 Å². The van der Waals surface area contributed by atoms with Crippen LogP contribution in [-0.2, 0) is 0 Å². The quantitative estimate of drug-likeness (QED) is 0.820. The van der Waals surface area contributed by atoms with Gasteiger partial charge in [-0.25, -0.2) is 0 Å². The zero-order valence-corrected chi connectivity index (χ0v) is 15.5. The Bertz CT molecular complexity index is 643. The highest BCUT2D eigenvalue weighted by Gasteiger charge is 2.56. The van der Waals surface area contributed by atoms with Crippen LogP contribution in [0.15, 0.2) is 73.3 Å². The molecule has 2 unspecified atom stereocenters. The summed E-state index contributed by atoms with van der Waals surface area (Å²) in [5, 5.41) is 11.7. The summed E-state index contributed by atoms with van der Waals surface area (Å²) in [6.45, 7) is 8.31. The van der Waals surface area contributed by atoms with Crippen LogP contribution in [0.5, 0.6) is 0 Å². The van der Waals surface area contributed by atoms with Crippen LogP contribution in [0.1, 0.15) is 43.5 Å². The van der Waals surface area contributed by atoms with Crippen molar-refractivity contribution >= 4 is 0 Å². The second-order valence-electron chi connectivity index (χ2n) is 7.58. The summed E-state index contributed by atoms with van der Waals surface area (Å²) in [4.78, 5) is 1.45. The fourth-order valence-corrected chi connectivity index (χ4v) is 5.00. The van der Waals surface area contributed by atoms with Crippen LogP contribution in [0, 0.1) is 11.8 Å². The van der Waals surface area contributed by atoms with E-state index in [0.29, 0.717) is 6.42 Å². The van der Waals surface area contributed by atoms with E-state index in [1.165, 1.54) is 16.0 Å². The van der Waals surface area contributed by atoms with Crippen molar-refractivity contribution < 1.29 is 10.0 Å². The molecule has 6 atom stereocenters. The Kier molecular flexibility index (Phi) is 5.12. The molecular weight excluding hydrogens is 306 g/mol. The second-order valence-corrected chi connectivity index (χ2v) is 7.58. The van der Waals surface area contributed by atoms with E-state index in [1.54, 1.807) is 0 Å². The van der Waals surface area contributed by atoms with E-state index in [-0.39, 0.29) is 23.9 Å². The van der Waals surface area contributed by atoms with Crippen LogP contribution in [0.4, 0.5) is 0 Å². The minimum absolute atomic E-state index is 0.142. The van der Waals surface area contributed by atoms with Gasteiger partial charge in [-0.2, -0.15) is 0 Å². The lowest BCUT2D eigenvalue weighted by atomic mass is 9.64. The highest BCUT2D eigenvalue weighted by molar-refractivity contribution is 5.24. The third-order valence-electron chi connectivity index (χ3n) is 6.35. The third-order valence-corrected chi connectivity index (χ3v) is 6.35. The molecule has 0 aliphatic carbocycles. The van der Waals surface area contributed by atoms with Crippen molar-refractivity contribution in [3.05, 3.63) is 84.4 Å². The molecule has 2 nitrogen and oxygen atoms in total. The average molecular weight is 336 g/mol. The number of quaternary nitrogens is 1. The van der Waals surface area contributed by atoms with E-state index in [2.05, 4.69) is 88.1 Å². The summed E-state index contributed by atoms with van der Waals surface area (Å²) in [6.07, 6.45) is 2.49. The van der Waals surface area contributed by atoms with Crippen LogP contribution in [-0.4, -0.2) is 17.8 Å². The smallest absolute Gasteiger partial charge is 0.119 e. The van der Waals surface area contributed by atoms with Gasteiger partial charge in [0.15, 0.2) is 0 Å². The van der Waals surface area contributed by atoms with Crippen molar-refractivity contribution in [1.29, 1.82) is 0 Å². The van der Waals surface area contributed by atoms with Crippen molar-refractivity contribution in [1.82, 2.24) is 0 Å². The van der Waals surface area contributed by atoms with Gasteiger partial charge in [0.1, 0.15) is 12.1 Å². The Morgan fingerprint density at radius 2 is 1.32 bits per heavy atom. The second kappa shape index (κ2) is 7.15. The van der Waals surface area contributed by atoms with E-state index >= 15 is 0 Å². The first-order valence-corrected chi connectivity index (χ1v) is 9.27. The molecule has 2 N–H and O–H groups in total. The topological polar surface area (TPSA) is 24.7 Å². The predicted octanol–water partition coefficient (Wildman–Crippen LogP) is 3.58.